The third-order valence-corrected chi connectivity index (χ3v) is 3.10. The van der Waals surface area contributed by atoms with Crippen molar-refractivity contribution in [3.8, 4) is 11.1 Å². The monoisotopic (exact) mass is 318 g/mol. The molecule has 7 heteroatoms. The molecule has 0 aromatic heterocycles. The Morgan fingerprint density at radius 3 is 2.14 bits per heavy atom. The van der Waals surface area contributed by atoms with Gasteiger partial charge in [-0.05, 0) is 35.4 Å². The van der Waals surface area contributed by atoms with Crippen molar-refractivity contribution in [3.05, 3.63) is 58.4 Å². The number of halogens is 5. The van der Waals surface area contributed by atoms with Crippen molar-refractivity contribution in [3.63, 3.8) is 0 Å². The average molecular weight is 319 g/mol. The number of carboxylic acid groups (broad SMARTS) is 1. The molecule has 0 heterocycles. The van der Waals surface area contributed by atoms with Gasteiger partial charge >= 0.3 is 12.1 Å². The van der Waals surface area contributed by atoms with Crippen LogP contribution in [0.4, 0.5) is 17.6 Å². The molecule has 0 radical (unpaired) electrons. The second-order valence-electron chi connectivity index (χ2n) is 4.19. The standard InChI is InChI=1S/C14H7ClF4O2/c15-11-6-8(2-4-12(11)16)7-1-3-9(13(20)21)10(5-7)14(17,18)19/h1-6H,(H,20,21). The average Bonchev–Trinajstić information content (AvgIpc) is 2.40. The van der Waals surface area contributed by atoms with Gasteiger partial charge in [0.05, 0.1) is 16.1 Å². The first-order chi connectivity index (χ1) is 9.70. The summed E-state index contributed by atoms with van der Waals surface area (Å²) < 4.78 is 51.8. The summed E-state index contributed by atoms with van der Waals surface area (Å²) in [5.74, 6) is -2.37. The molecule has 2 rings (SSSR count). The smallest absolute Gasteiger partial charge is 0.417 e. The number of hydrogen-bond acceptors (Lipinski definition) is 1. The van der Waals surface area contributed by atoms with Gasteiger partial charge in [-0.15, -0.1) is 0 Å². The van der Waals surface area contributed by atoms with E-state index in [1.54, 1.807) is 0 Å². The molecule has 2 nitrogen and oxygen atoms in total. The summed E-state index contributed by atoms with van der Waals surface area (Å²) in [6.45, 7) is 0. The molecule has 0 saturated heterocycles. The zero-order valence-corrected chi connectivity index (χ0v) is 11.0. The first kappa shape index (κ1) is 15.3. The van der Waals surface area contributed by atoms with Crippen molar-refractivity contribution >= 4 is 17.6 Å². The van der Waals surface area contributed by atoms with E-state index in [-0.39, 0.29) is 16.1 Å². The van der Waals surface area contributed by atoms with Crippen molar-refractivity contribution in [1.29, 1.82) is 0 Å². The Morgan fingerprint density at radius 1 is 1.05 bits per heavy atom. The summed E-state index contributed by atoms with van der Waals surface area (Å²) in [5.41, 5.74) is -1.77. The summed E-state index contributed by atoms with van der Waals surface area (Å²) >= 11 is 5.58. The highest BCUT2D eigenvalue weighted by atomic mass is 35.5. The lowest BCUT2D eigenvalue weighted by molar-refractivity contribution is -0.138. The first-order valence-corrected chi connectivity index (χ1v) is 5.98. The molecule has 0 atom stereocenters. The molecule has 0 amide bonds. The Labute approximate surface area is 121 Å². The van der Waals surface area contributed by atoms with Gasteiger partial charge in [0.1, 0.15) is 5.82 Å². The Morgan fingerprint density at radius 2 is 1.62 bits per heavy atom. The lowest BCUT2D eigenvalue weighted by atomic mass is 9.98. The molecule has 1 N–H and O–H groups in total. The summed E-state index contributed by atoms with van der Waals surface area (Å²) in [7, 11) is 0. The summed E-state index contributed by atoms with van der Waals surface area (Å²) in [6, 6.07) is 6.23. The van der Waals surface area contributed by atoms with E-state index in [1.807, 2.05) is 0 Å². The molecule has 0 saturated carbocycles. The highest BCUT2D eigenvalue weighted by molar-refractivity contribution is 6.31. The number of carbonyl (C=O) groups is 1. The Kier molecular flexibility index (Phi) is 3.91. The van der Waals surface area contributed by atoms with E-state index >= 15 is 0 Å². The highest BCUT2D eigenvalue weighted by Gasteiger charge is 2.35. The van der Waals surface area contributed by atoms with Crippen LogP contribution in [-0.2, 0) is 6.18 Å². The van der Waals surface area contributed by atoms with Crippen LogP contribution >= 0.6 is 11.6 Å². The van der Waals surface area contributed by atoms with Crippen LogP contribution in [0.1, 0.15) is 15.9 Å². The third kappa shape index (κ3) is 3.16. The molecule has 0 aliphatic carbocycles. The van der Waals surface area contributed by atoms with Gasteiger partial charge in [0.2, 0.25) is 0 Å². The van der Waals surface area contributed by atoms with E-state index in [1.165, 1.54) is 18.2 Å². The molecule has 0 aliphatic rings. The maximum absolute atomic E-state index is 13.1. The number of benzene rings is 2. The minimum atomic E-state index is -4.81. The molecular formula is C14H7ClF4O2. The minimum Gasteiger partial charge on any atom is -0.478 e. The van der Waals surface area contributed by atoms with Crippen molar-refractivity contribution < 1.29 is 27.5 Å². The van der Waals surface area contributed by atoms with Crippen molar-refractivity contribution in [1.82, 2.24) is 0 Å². The molecule has 0 unspecified atom stereocenters. The predicted octanol–water partition coefficient (Wildman–Crippen LogP) is 4.86. The van der Waals surface area contributed by atoms with Crippen molar-refractivity contribution in [2.24, 2.45) is 0 Å². The zero-order valence-electron chi connectivity index (χ0n) is 10.2. The van der Waals surface area contributed by atoms with Crippen LogP contribution in [0.25, 0.3) is 11.1 Å². The van der Waals surface area contributed by atoms with E-state index in [9.17, 15) is 22.4 Å². The molecule has 0 aliphatic heterocycles. The van der Waals surface area contributed by atoms with Crippen LogP contribution in [0.15, 0.2) is 36.4 Å². The van der Waals surface area contributed by atoms with Gasteiger partial charge in [-0.1, -0.05) is 23.7 Å². The second kappa shape index (κ2) is 5.37. The molecule has 2 aromatic carbocycles. The van der Waals surface area contributed by atoms with Gasteiger partial charge < -0.3 is 5.11 Å². The van der Waals surface area contributed by atoms with E-state index in [4.69, 9.17) is 16.7 Å². The summed E-state index contributed by atoms with van der Waals surface area (Å²) in [6.07, 6.45) is -4.81. The normalized spacial score (nSPS) is 11.5. The fourth-order valence-electron chi connectivity index (χ4n) is 1.82. The van der Waals surface area contributed by atoms with Crippen molar-refractivity contribution in [2.45, 2.75) is 6.18 Å². The quantitative estimate of drug-likeness (QED) is 0.803. The fourth-order valence-corrected chi connectivity index (χ4v) is 2.00. The van der Waals surface area contributed by atoms with Crippen molar-refractivity contribution in [2.75, 3.05) is 0 Å². The lowest BCUT2D eigenvalue weighted by Crippen LogP contribution is -2.13. The van der Waals surface area contributed by atoms with Gasteiger partial charge in [-0.25, -0.2) is 9.18 Å². The summed E-state index contributed by atoms with van der Waals surface area (Å²) in [5, 5.41) is 8.57. The van der Waals surface area contributed by atoms with Gasteiger partial charge in [0.15, 0.2) is 0 Å². The van der Waals surface area contributed by atoms with Crippen LogP contribution in [0.5, 0.6) is 0 Å². The van der Waals surface area contributed by atoms with E-state index in [2.05, 4.69) is 0 Å². The maximum atomic E-state index is 13.1. The van der Waals surface area contributed by atoms with Crippen LogP contribution in [0.3, 0.4) is 0 Å². The molecular weight excluding hydrogens is 312 g/mol. The molecule has 2 aromatic rings. The Balaban J connectivity index is 2.61. The zero-order chi connectivity index (χ0) is 15.8. The SMILES string of the molecule is O=C(O)c1ccc(-c2ccc(F)c(Cl)c2)cc1C(F)(F)F. The maximum Gasteiger partial charge on any atom is 0.417 e. The van der Waals surface area contributed by atoms with Crippen LogP contribution < -0.4 is 0 Å². The number of alkyl halides is 3. The third-order valence-electron chi connectivity index (χ3n) is 2.81. The Bertz CT molecular complexity index is 711. The minimum absolute atomic E-state index is 0.0919. The molecule has 0 bridgehead atoms. The molecule has 110 valence electrons. The summed E-state index contributed by atoms with van der Waals surface area (Å²) in [4.78, 5) is 10.8. The van der Waals surface area contributed by atoms with Crippen LogP contribution in [-0.4, -0.2) is 11.1 Å². The second-order valence-corrected chi connectivity index (χ2v) is 4.60. The van der Waals surface area contributed by atoms with Gasteiger partial charge in [0, 0.05) is 0 Å². The topological polar surface area (TPSA) is 37.3 Å². The van der Waals surface area contributed by atoms with Gasteiger partial charge in [-0.3, -0.25) is 0 Å². The molecule has 0 spiro atoms. The van der Waals surface area contributed by atoms with E-state index in [0.717, 1.165) is 12.1 Å². The lowest BCUT2D eigenvalue weighted by Gasteiger charge is -2.12. The van der Waals surface area contributed by atoms with Crippen LogP contribution in [0, 0.1) is 5.82 Å². The number of aromatic carboxylic acids is 1. The molecule has 0 fully saturated rings. The Hall–Kier alpha value is -2.08. The van der Waals surface area contributed by atoms with E-state index in [0.29, 0.717) is 6.07 Å². The number of rotatable bonds is 2. The predicted molar refractivity (Wildman–Crippen MR) is 68.8 cm³/mol. The van der Waals surface area contributed by atoms with Crippen LogP contribution in [0.2, 0.25) is 5.02 Å². The largest absolute Gasteiger partial charge is 0.478 e. The van der Waals surface area contributed by atoms with Gasteiger partial charge in [-0.2, -0.15) is 13.2 Å². The molecule has 21 heavy (non-hydrogen) atoms. The number of hydrogen-bond donors (Lipinski definition) is 1. The van der Waals surface area contributed by atoms with E-state index < -0.39 is 29.1 Å². The first-order valence-electron chi connectivity index (χ1n) is 5.60. The fraction of sp³-hybridized carbons (Fsp3) is 0.0714. The highest BCUT2D eigenvalue weighted by Crippen LogP contribution is 2.35. The number of carboxylic acids is 1. The van der Waals surface area contributed by atoms with Gasteiger partial charge in [0.25, 0.3) is 0 Å².